The van der Waals surface area contributed by atoms with Crippen molar-refractivity contribution in [3.8, 4) is 0 Å². The fourth-order valence-corrected chi connectivity index (χ4v) is 4.94. The summed E-state index contributed by atoms with van der Waals surface area (Å²) < 4.78 is 26.3. The Kier molecular flexibility index (Phi) is 3.50. The molecule has 0 spiro atoms. The van der Waals surface area contributed by atoms with Crippen LogP contribution in [0.25, 0.3) is 11.0 Å². The summed E-state index contributed by atoms with van der Waals surface area (Å²) in [5.74, 6) is 0.868. The van der Waals surface area contributed by atoms with Gasteiger partial charge >= 0.3 is 0 Å². The van der Waals surface area contributed by atoms with Crippen LogP contribution in [-0.2, 0) is 10.0 Å². The fourth-order valence-electron chi connectivity index (χ4n) is 3.11. The molecule has 122 valence electrons. The first kappa shape index (κ1) is 14.8. The van der Waals surface area contributed by atoms with Crippen molar-refractivity contribution in [3.05, 3.63) is 30.0 Å². The van der Waals surface area contributed by atoms with Crippen molar-refractivity contribution in [2.45, 2.75) is 25.0 Å². The number of piperazine rings is 1. The third-order valence-corrected chi connectivity index (χ3v) is 6.96. The Bertz CT molecular complexity index is 840. The number of para-hydroxylation sites is 2. The van der Waals surface area contributed by atoms with Gasteiger partial charge in [-0.25, -0.2) is 18.4 Å². The second-order valence-corrected chi connectivity index (χ2v) is 8.46. The van der Waals surface area contributed by atoms with Gasteiger partial charge in [0.05, 0.1) is 22.0 Å². The lowest BCUT2D eigenvalue weighted by molar-refractivity contribution is 0.383. The maximum absolute atomic E-state index is 12.3. The minimum atomic E-state index is -3.07. The highest BCUT2D eigenvalue weighted by Gasteiger charge is 2.41. The molecular formula is C16H20N4O2S. The van der Waals surface area contributed by atoms with Crippen LogP contribution in [0.4, 0.5) is 5.82 Å². The van der Waals surface area contributed by atoms with E-state index in [1.807, 2.05) is 31.2 Å². The Morgan fingerprint density at radius 3 is 2.22 bits per heavy atom. The number of hydrogen-bond acceptors (Lipinski definition) is 5. The minimum Gasteiger partial charge on any atom is -0.352 e. The second kappa shape index (κ2) is 5.42. The summed E-state index contributed by atoms with van der Waals surface area (Å²) in [5, 5.41) is -0.128. The lowest BCUT2D eigenvalue weighted by Gasteiger charge is -2.35. The largest absolute Gasteiger partial charge is 0.352 e. The number of benzene rings is 1. The van der Waals surface area contributed by atoms with E-state index in [-0.39, 0.29) is 5.25 Å². The number of nitrogens with zero attached hydrogens (tertiary/aromatic N) is 4. The van der Waals surface area contributed by atoms with E-state index in [9.17, 15) is 8.42 Å². The quantitative estimate of drug-likeness (QED) is 0.853. The number of aryl methyl sites for hydroxylation is 1. The van der Waals surface area contributed by atoms with Gasteiger partial charge in [0.2, 0.25) is 10.0 Å². The SMILES string of the molecule is Cc1nc2ccccc2nc1N1CCN(S(=O)(=O)C2CC2)CC1. The van der Waals surface area contributed by atoms with Crippen molar-refractivity contribution < 1.29 is 8.42 Å². The van der Waals surface area contributed by atoms with E-state index >= 15 is 0 Å². The number of aromatic nitrogens is 2. The van der Waals surface area contributed by atoms with Crippen LogP contribution in [0.3, 0.4) is 0 Å². The fraction of sp³-hybridized carbons (Fsp3) is 0.500. The van der Waals surface area contributed by atoms with E-state index in [0.717, 1.165) is 35.4 Å². The Morgan fingerprint density at radius 1 is 1.00 bits per heavy atom. The molecule has 1 aromatic carbocycles. The number of sulfonamides is 1. The molecule has 2 aromatic rings. The normalized spacial score (nSPS) is 20.1. The molecular weight excluding hydrogens is 312 g/mol. The van der Waals surface area contributed by atoms with Crippen LogP contribution in [0.5, 0.6) is 0 Å². The molecule has 0 unspecified atom stereocenters. The summed E-state index contributed by atoms with van der Waals surface area (Å²) in [7, 11) is -3.07. The van der Waals surface area contributed by atoms with Gasteiger partial charge in [-0.1, -0.05) is 12.1 Å². The maximum atomic E-state index is 12.3. The summed E-state index contributed by atoms with van der Waals surface area (Å²) in [6.07, 6.45) is 1.63. The van der Waals surface area contributed by atoms with Crippen LogP contribution in [0.1, 0.15) is 18.5 Å². The summed E-state index contributed by atoms with van der Waals surface area (Å²) in [5.41, 5.74) is 2.66. The summed E-state index contributed by atoms with van der Waals surface area (Å²) >= 11 is 0. The zero-order valence-electron chi connectivity index (χ0n) is 13.1. The molecule has 7 heteroatoms. The first-order chi connectivity index (χ1) is 11.1. The molecule has 1 saturated carbocycles. The molecule has 2 heterocycles. The van der Waals surface area contributed by atoms with E-state index < -0.39 is 10.0 Å². The molecule has 0 N–H and O–H groups in total. The Balaban J connectivity index is 1.55. The summed E-state index contributed by atoms with van der Waals surface area (Å²) in [6.45, 7) is 4.36. The van der Waals surface area contributed by atoms with Gasteiger partial charge in [-0.3, -0.25) is 0 Å². The van der Waals surface area contributed by atoms with Crippen molar-refractivity contribution in [1.82, 2.24) is 14.3 Å². The van der Waals surface area contributed by atoms with Crippen LogP contribution in [0.15, 0.2) is 24.3 Å². The summed E-state index contributed by atoms with van der Waals surface area (Å²) in [4.78, 5) is 11.5. The van der Waals surface area contributed by atoms with Gasteiger partial charge < -0.3 is 4.90 Å². The highest BCUT2D eigenvalue weighted by Crippen LogP contribution is 2.32. The maximum Gasteiger partial charge on any atom is 0.217 e. The average Bonchev–Trinajstić information content (AvgIpc) is 3.40. The second-order valence-electron chi connectivity index (χ2n) is 6.25. The molecule has 1 aliphatic heterocycles. The predicted molar refractivity (Wildman–Crippen MR) is 90.0 cm³/mol. The first-order valence-corrected chi connectivity index (χ1v) is 9.53. The van der Waals surface area contributed by atoms with Gasteiger partial charge in [-0.2, -0.15) is 4.31 Å². The number of anilines is 1. The van der Waals surface area contributed by atoms with E-state index in [1.165, 1.54) is 0 Å². The monoisotopic (exact) mass is 332 g/mol. The van der Waals surface area contributed by atoms with Gasteiger partial charge in [0, 0.05) is 26.2 Å². The molecule has 0 atom stereocenters. The highest BCUT2D eigenvalue weighted by atomic mass is 32.2. The van der Waals surface area contributed by atoms with Crippen LogP contribution < -0.4 is 4.90 Å². The first-order valence-electron chi connectivity index (χ1n) is 8.03. The van der Waals surface area contributed by atoms with Gasteiger partial charge in [0.1, 0.15) is 0 Å². The number of fused-ring (bicyclic) bond motifs is 1. The molecule has 2 fully saturated rings. The molecule has 1 aliphatic carbocycles. The van der Waals surface area contributed by atoms with Crippen molar-refractivity contribution in [1.29, 1.82) is 0 Å². The number of rotatable bonds is 3. The van der Waals surface area contributed by atoms with E-state index in [2.05, 4.69) is 9.88 Å². The van der Waals surface area contributed by atoms with Crippen LogP contribution >= 0.6 is 0 Å². The van der Waals surface area contributed by atoms with Crippen LogP contribution in [-0.4, -0.2) is 54.1 Å². The molecule has 0 amide bonds. The van der Waals surface area contributed by atoms with Crippen molar-refractivity contribution >= 4 is 26.9 Å². The molecule has 4 rings (SSSR count). The van der Waals surface area contributed by atoms with Crippen molar-refractivity contribution in [2.75, 3.05) is 31.1 Å². The smallest absolute Gasteiger partial charge is 0.217 e. The third-order valence-electron chi connectivity index (χ3n) is 4.56. The molecule has 1 saturated heterocycles. The van der Waals surface area contributed by atoms with E-state index in [0.29, 0.717) is 26.2 Å². The zero-order valence-corrected chi connectivity index (χ0v) is 14.0. The predicted octanol–water partition coefficient (Wildman–Crippen LogP) is 1.55. The van der Waals surface area contributed by atoms with Gasteiger partial charge in [0.25, 0.3) is 0 Å². The third kappa shape index (κ3) is 2.68. The molecule has 6 nitrogen and oxygen atoms in total. The van der Waals surface area contributed by atoms with E-state index in [1.54, 1.807) is 4.31 Å². The Labute approximate surface area is 136 Å². The van der Waals surface area contributed by atoms with Gasteiger partial charge in [-0.15, -0.1) is 0 Å². The minimum absolute atomic E-state index is 0.128. The number of hydrogen-bond donors (Lipinski definition) is 0. The summed E-state index contributed by atoms with van der Waals surface area (Å²) in [6, 6.07) is 7.83. The molecule has 0 radical (unpaired) electrons. The standard InChI is InChI=1S/C16H20N4O2S/c1-12-16(18-15-5-3-2-4-14(15)17-12)19-8-10-20(11-9-19)23(21,22)13-6-7-13/h2-5,13H,6-11H2,1H3. The van der Waals surface area contributed by atoms with Crippen molar-refractivity contribution in [2.24, 2.45) is 0 Å². The topological polar surface area (TPSA) is 66.4 Å². The van der Waals surface area contributed by atoms with Crippen molar-refractivity contribution in [3.63, 3.8) is 0 Å². The van der Waals surface area contributed by atoms with Gasteiger partial charge in [0.15, 0.2) is 5.82 Å². The molecule has 2 aliphatic rings. The van der Waals surface area contributed by atoms with Crippen LogP contribution in [0.2, 0.25) is 0 Å². The Morgan fingerprint density at radius 2 is 1.61 bits per heavy atom. The Hall–Kier alpha value is -1.73. The van der Waals surface area contributed by atoms with E-state index in [4.69, 9.17) is 4.98 Å². The molecule has 1 aromatic heterocycles. The molecule has 23 heavy (non-hydrogen) atoms. The molecule has 0 bridgehead atoms. The lowest BCUT2D eigenvalue weighted by atomic mass is 10.2. The zero-order chi connectivity index (χ0) is 16.0. The van der Waals surface area contributed by atoms with Crippen LogP contribution in [0, 0.1) is 6.92 Å². The van der Waals surface area contributed by atoms with Gasteiger partial charge in [-0.05, 0) is 31.9 Å². The highest BCUT2D eigenvalue weighted by molar-refractivity contribution is 7.90. The average molecular weight is 332 g/mol. The lowest BCUT2D eigenvalue weighted by Crippen LogP contribution is -2.50.